The molecule has 94 valence electrons. The molecular formula is C15H17NS2. The third kappa shape index (κ3) is 5.00. The maximum absolute atomic E-state index is 3.78. The van der Waals surface area contributed by atoms with Crippen molar-refractivity contribution in [2.24, 2.45) is 0 Å². The van der Waals surface area contributed by atoms with Crippen LogP contribution in [-0.2, 0) is 0 Å². The second-order valence-electron chi connectivity index (χ2n) is 3.40. The van der Waals surface area contributed by atoms with E-state index in [4.69, 9.17) is 0 Å². The van der Waals surface area contributed by atoms with E-state index in [9.17, 15) is 0 Å². The number of hydrogen-bond acceptors (Lipinski definition) is 3. The van der Waals surface area contributed by atoms with Gasteiger partial charge in [-0.2, -0.15) is 3.71 Å². The predicted octanol–water partition coefficient (Wildman–Crippen LogP) is 5.17. The van der Waals surface area contributed by atoms with Crippen LogP contribution in [-0.4, -0.2) is 10.8 Å². The SMILES string of the molecule is C=C/C=C(\C=C)SN(C)Sc1ccc(C=C)cc1. The van der Waals surface area contributed by atoms with Crippen LogP contribution in [0.25, 0.3) is 6.08 Å². The summed E-state index contributed by atoms with van der Waals surface area (Å²) in [5, 5.41) is 0. The molecule has 0 saturated heterocycles. The van der Waals surface area contributed by atoms with E-state index < -0.39 is 0 Å². The van der Waals surface area contributed by atoms with Gasteiger partial charge in [-0.15, -0.1) is 0 Å². The smallest absolute Gasteiger partial charge is 0.0239 e. The molecule has 0 saturated carbocycles. The topological polar surface area (TPSA) is 3.24 Å². The highest BCUT2D eigenvalue weighted by molar-refractivity contribution is 8.14. The van der Waals surface area contributed by atoms with Gasteiger partial charge in [-0.05, 0) is 47.7 Å². The van der Waals surface area contributed by atoms with Crippen LogP contribution in [0.5, 0.6) is 0 Å². The first-order valence-electron chi connectivity index (χ1n) is 5.47. The average molecular weight is 275 g/mol. The van der Waals surface area contributed by atoms with E-state index in [0.29, 0.717) is 0 Å². The van der Waals surface area contributed by atoms with Crippen molar-refractivity contribution in [3.8, 4) is 0 Å². The van der Waals surface area contributed by atoms with Crippen molar-refractivity contribution in [2.75, 3.05) is 7.05 Å². The minimum Gasteiger partial charge on any atom is -0.189 e. The average Bonchev–Trinajstić information content (AvgIpc) is 2.39. The van der Waals surface area contributed by atoms with Crippen LogP contribution in [0, 0.1) is 0 Å². The fraction of sp³-hybridized carbons (Fsp3) is 0.0667. The Morgan fingerprint density at radius 3 is 2.33 bits per heavy atom. The van der Waals surface area contributed by atoms with Crippen molar-refractivity contribution in [1.82, 2.24) is 3.71 Å². The summed E-state index contributed by atoms with van der Waals surface area (Å²) in [5.41, 5.74) is 1.13. The summed E-state index contributed by atoms with van der Waals surface area (Å²) in [6, 6.07) is 8.29. The Morgan fingerprint density at radius 2 is 1.83 bits per heavy atom. The summed E-state index contributed by atoms with van der Waals surface area (Å²) in [5.74, 6) is 0. The normalized spacial score (nSPS) is 11.3. The number of allylic oxidation sites excluding steroid dienone is 3. The maximum atomic E-state index is 3.78. The number of hydrogen-bond donors (Lipinski definition) is 0. The molecule has 0 N–H and O–H groups in total. The summed E-state index contributed by atoms with van der Waals surface area (Å²) in [7, 11) is 2.02. The van der Waals surface area contributed by atoms with Gasteiger partial charge in [0.05, 0.1) is 0 Å². The van der Waals surface area contributed by atoms with Crippen molar-refractivity contribution >= 4 is 30.0 Å². The lowest BCUT2D eigenvalue weighted by Crippen LogP contribution is -1.97. The molecular weight excluding hydrogens is 258 g/mol. The molecule has 0 unspecified atom stereocenters. The summed E-state index contributed by atoms with van der Waals surface area (Å²) < 4.78 is 2.08. The van der Waals surface area contributed by atoms with Gasteiger partial charge in [0.2, 0.25) is 0 Å². The van der Waals surface area contributed by atoms with Crippen molar-refractivity contribution < 1.29 is 0 Å². The third-order valence-corrected chi connectivity index (χ3v) is 4.03. The van der Waals surface area contributed by atoms with Crippen molar-refractivity contribution in [2.45, 2.75) is 4.90 Å². The zero-order valence-corrected chi connectivity index (χ0v) is 12.1. The van der Waals surface area contributed by atoms with Crippen LogP contribution in [0.3, 0.4) is 0 Å². The standard InChI is InChI=1S/C15H17NS2/c1-5-8-14(7-3)17-16(4)18-15-11-9-13(6-2)10-12-15/h5-12H,1-3H2,4H3/b14-8+. The monoisotopic (exact) mass is 275 g/mol. The van der Waals surface area contributed by atoms with E-state index in [-0.39, 0.29) is 0 Å². The van der Waals surface area contributed by atoms with Gasteiger partial charge >= 0.3 is 0 Å². The Bertz CT molecular complexity index is 446. The van der Waals surface area contributed by atoms with Crippen LogP contribution < -0.4 is 0 Å². The quantitative estimate of drug-likeness (QED) is 0.499. The first-order chi connectivity index (χ1) is 8.69. The third-order valence-electron chi connectivity index (χ3n) is 2.07. The Hall–Kier alpha value is -1.16. The lowest BCUT2D eigenvalue weighted by atomic mass is 10.2. The molecule has 1 aromatic rings. The fourth-order valence-corrected chi connectivity index (χ4v) is 2.98. The first-order valence-corrected chi connectivity index (χ1v) is 7.01. The highest BCUT2D eigenvalue weighted by Gasteiger charge is 2.03. The highest BCUT2D eigenvalue weighted by Crippen LogP contribution is 2.32. The molecule has 0 atom stereocenters. The van der Waals surface area contributed by atoms with Crippen molar-refractivity contribution in [3.05, 3.63) is 72.7 Å². The highest BCUT2D eigenvalue weighted by atomic mass is 32.2. The molecule has 0 heterocycles. The first kappa shape index (κ1) is 14.9. The second-order valence-corrected chi connectivity index (χ2v) is 6.04. The number of benzene rings is 1. The van der Waals surface area contributed by atoms with Crippen molar-refractivity contribution in [3.63, 3.8) is 0 Å². The van der Waals surface area contributed by atoms with Gasteiger partial charge in [-0.1, -0.05) is 50.1 Å². The van der Waals surface area contributed by atoms with Crippen LogP contribution in [0.2, 0.25) is 0 Å². The van der Waals surface area contributed by atoms with Gasteiger partial charge in [0.1, 0.15) is 0 Å². The molecule has 0 aromatic heterocycles. The van der Waals surface area contributed by atoms with Gasteiger partial charge in [-0.25, -0.2) is 0 Å². The van der Waals surface area contributed by atoms with Crippen molar-refractivity contribution in [1.29, 1.82) is 0 Å². The second kappa shape index (κ2) is 8.03. The van der Waals surface area contributed by atoms with E-state index in [1.807, 2.05) is 25.3 Å². The summed E-state index contributed by atoms with van der Waals surface area (Å²) in [4.78, 5) is 2.26. The van der Waals surface area contributed by atoms with Gasteiger partial charge in [0.15, 0.2) is 0 Å². The van der Waals surface area contributed by atoms with E-state index >= 15 is 0 Å². The Morgan fingerprint density at radius 1 is 1.17 bits per heavy atom. The van der Waals surface area contributed by atoms with E-state index in [1.165, 1.54) is 4.90 Å². The lowest BCUT2D eigenvalue weighted by molar-refractivity contribution is 0.947. The van der Waals surface area contributed by atoms with E-state index in [2.05, 4.69) is 47.7 Å². The minimum atomic E-state index is 1.07. The molecule has 0 aliphatic rings. The molecule has 18 heavy (non-hydrogen) atoms. The Balaban J connectivity index is 2.60. The lowest BCUT2D eigenvalue weighted by Gasteiger charge is -2.14. The molecule has 1 nitrogen and oxygen atoms in total. The molecule has 3 heteroatoms. The van der Waals surface area contributed by atoms with Gasteiger partial charge in [0.25, 0.3) is 0 Å². The van der Waals surface area contributed by atoms with Gasteiger partial charge in [-0.3, -0.25) is 0 Å². The van der Waals surface area contributed by atoms with E-state index in [0.717, 1.165) is 10.5 Å². The molecule has 0 aliphatic carbocycles. The molecule has 0 bridgehead atoms. The van der Waals surface area contributed by atoms with Crippen LogP contribution >= 0.6 is 23.9 Å². The molecule has 1 rings (SSSR count). The zero-order chi connectivity index (χ0) is 13.4. The number of rotatable bonds is 7. The van der Waals surface area contributed by atoms with Crippen LogP contribution in [0.1, 0.15) is 5.56 Å². The van der Waals surface area contributed by atoms with Crippen LogP contribution in [0.4, 0.5) is 0 Å². The Kier molecular flexibility index (Phi) is 6.65. The fourth-order valence-electron chi connectivity index (χ4n) is 1.23. The van der Waals surface area contributed by atoms with Gasteiger partial charge < -0.3 is 0 Å². The molecule has 0 spiro atoms. The molecule has 0 radical (unpaired) electrons. The summed E-state index contributed by atoms with van der Waals surface area (Å²) >= 11 is 3.29. The Labute approximate surface area is 118 Å². The largest absolute Gasteiger partial charge is 0.189 e. The predicted molar refractivity (Wildman–Crippen MR) is 86.2 cm³/mol. The van der Waals surface area contributed by atoms with E-state index in [1.54, 1.807) is 30.0 Å². The summed E-state index contributed by atoms with van der Waals surface area (Å²) in [6.07, 6.45) is 7.37. The molecule has 0 aliphatic heterocycles. The molecule has 0 amide bonds. The molecule has 1 aromatic carbocycles. The maximum Gasteiger partial charge on any atom is 0.0239 e. The summed E-state index contributed by atoms with van der Waals surface area (Å²) in [6.45, 7) is 11.2. The molecule has 0 fully saturated rings. The van der Waals surface area contributed by atoms with Gasteiger partial charge in [0, 0.05) is 16.8 Å². The number of nitrogens with zero attached hydrogens (tertiary/aromatic N) is 1. The zero-order valence-electron chi connectivity index (χ0n) is 10.5. The minimum absolute atomic E-state index is 1.07. The van der Waals surface area contributed by atoms with Crippen LogP contribution in [0.15, 0.2) is 72.0 Å².